The lowest BCUT2D eigenvalue weighted by Crippen LogP contribution is -2.24. The zero-order valence-corrected chi connectivity index (χ0v) is 11.7. The lowest BCUT2D eigenvalue weighted by molar-refractivity contribution is 0.416. The minimum Gasteiger partial charge on any atom is -0.265 e. The van der Waals surface area contributed by atoms with Crippen LogP contribution in [0.2, 0.25) is 0 Å². The molecule has 0 aliphatic heterocycles. The number of nitrogens with zero attached hydrogens (tertiary/aromatic N) is 5. The van der Waals surface area contributed by atoms with Crippen LogP contribution in [-0.4, -0.2) is 30.9 Å². The zero-order valence-electron chi connectivity index (χ0n) is 11.7. The second kappa shape index (κ2) is 4.90. The van der Waals surface area contributed by atoms with Crippen molar-refractivity contribution in [2.24, 2.45) is 0 Å². The lowest BCUT2D eigenvalue weighted by atomic mass is 10.2. The van der Waals surface area contributed by atoms with E-state index in [1.807, 2.05) is 0 Å². The molecule has 0 unspecified atom stereocenters. The van der Waals surface area contributed by atoms with Crippen LogP contribution < -0.4 is 5.56 Å². The van der Waals surface area contributed by atoms with Crippen LogP contribution in [0.1, 0.15) is 18.0 Å². The highest BCUT2D eigenvalue weighted by Crippen LogP contribution is 2.37. The van der Waals surface area contributed by atoms with E-state index in [0.717, 1.165) is 16.8 Å². The quantitative estimate of drug-likeness (QED) is 0.735. The number of hydrogen-bond donors (Lipinski definition) is 0. The van der Waals surface area contributed by atoms with Crippen LogP contribution in [0.5, 0.6) is 0 Å². The maximum Gasteiger partial charge on any atom is 0.298 e. The van der Waals surface area contributed by atoms with Crippen molar-refractivity contribution in [3.05, 3.63) is 51.9 Å². The molecule has 0 radical (unpaired) electrons. The number of benzene rings is 1. The molecule has 1 aliphatic rings. The van der Waals surface area contributed by atoms with E-state index < -0.39 is 29.4 Å². The van der Waals surface area contributed by atoms with Crippen LogP contribution in [0.4, 0.5) is 13.2 Å². The molecule has 9 heteroatoms. The average molecular weight is 321 g/mol. The average Bonchev–Trinajstić information content (AvgIpc) is 3.08. The van der Waals surface area contributed by atoms with E-state index >= 15 is 0 Å². The number of halogens is 3. The number of fused-ring (bicyclic) bond motifs is 1. The van der Waals surface area contributed by atoms with E-state index in [0.29, 0.717) is 0 Å². The van der Waals surface area contributed by atoms with Crippen molar-refractivity contribution in [2.75, 3.05) is 0 Å². The topological polar surface area (TPSA) is 65.6 Å². The van der Waals surface area contributed by atoms with Gasteiger partial charge in [0.25, 0.3) is 5.56 Å². The second-order valence-corrected chi connectivity index (χ2v) is 5.42. The van der Waals surface area contributed by atoms with Gasteiger partial charge < -0.3 is 0 Å². The third kappa shape index (κ3) is 2.28. The van der Waals surface area contributed by atoms with Crippen LogP contribution in [0.3, 0.4) is 0 Å². The van der Waals surface area contributed by atoms with Gasteiger partial charge in [-0.2, -0.15) is 5.10 Å². The Morgan fingerprint density at radius 2 is 1.96 bits per heavy atom. The predicted molar refractivity (Wildman–Crippen MR) is 73.6 cm³/mol. The fourth-order valence-corrected chi connectivity index (χ4v) is 2.43. The molecular weight excluding hydrogens is 311 g/mol. The smallest absolute Gasteiger partial charge is 0.265 e. The van der Waals surface area contributed by atoms with Crippen LogP contribution in [0, 0.1) is 11.6 Å². The molecular formula is C14H10F3N5O. The predicted octanol–water partition coefficient (Wildman–Crippen LogP) is 1.60. The third-order valence-electron chi connectivity index (χ3n) is 3.78. The van der Waals surface area contributed by atoms with Crippen LogP contribution in [0.25, 0.3) is 11.0 Å². The molecule has 0 amide bonds. The Morgan fingerprint density at radius 3 is 2.61 bits per heavy atom. The fourth-order valence-electron chi connectivity index (χ4n) is 2.43. The first-order valence-corrected chi connectivity index (χ1v) is 6.94. The number of rotatable bonds is 3. The molecule has 0 N–H and O–H groups in total. The van der Waals surface area contributed by atoms with Gasteiger partial charge in [0, 0.05) is 12.0 Å². The molecule has 3 aromatic rings. The first-order valence-electron chi connectivity index (χ1n) is 6.94. The Balaban J connectivity index is 1.75. The minimum absolute atomic E-state index is 0.00384. The van der Waals surface area contributed by atoms with Gasteiger partial charge in [-0.3, -0.25) is 9.48 Å². The Labute approximate surface area is 127 Å². The second-order valence-electron chi connectivity index (χ2n) is 5.42. The first-order chi connectivity index (χ1) is 11.0. The molecule has 0 saturated heterocycles. The molecule has 23 heavy (non-hydrogen) atoms. The van der Waals surface area contributed by atoms with Crippen LogP contribution in [0.15, 0.2) is 29.2 Å². The summed E-state index contributed by atoms with van der Waals surface area (Å²) in [5, 5.41) is 11.5. The van der Waals surface area contributed by atoms with Gasteiger partial charge in [0.15, 0.2) is 5.52 Å². The van der Waals surface area contributed by atoms with Crippen LogP contribution >= 0.6 is 0 Å². The summed E-state index contributed by atoms with van der Waals surface area (Å²) in [6.45, 7) is -0.191. The van der Waals surface area contributed by atoms with Gasteiger partial charge in [-0.15, -0.1) is 5.10 Å². The summed E-state index contributed by atoms with van der Waals surface area (Å²) in [6, 6.07) is 2.95. The minimum atomic E-state index is -1.10. The Bertz CT molecular complexity index is 946. The van der Waals surface area contributed by atoms with Gasteiger partial charge in [-0.05, 0) is 12.1 Å². The Kier molecular flexibility index (Phi) is 2.97. The maximum atomic E-state index is 13.7. The Morgan fingerprint density at radius 1 is 1.26 bits per heavy atom. The molecule has 1 aliphatic carbocycles. The Hall–Kier alpha value is -2.71. The molecule has 1 fully saturated rings. The molecule has 2 heterocycles. The van der Waals surface area contributed by atoms with E-state index in [1.165, 1.54) is 16.9 Å². The van der Waals surface area contributed by atoms with E-state index in [-0.39, 0.29) is 29.6 Å². The molecule has 2 atom stereocenters. The highest BCUT2D eigenvalue weighted by atomic mass is 19.1. The highest BCUT2D eigenvalue weighted by molar-refractivity contribution is 5.71. The van der Waals surface area contributed by atoms with E-state index in [4.69, 9.17) is 0 Å². The molecule has 0 spiro atoms. The molecule has 6 nitrogen and oxygen atoms in total. The molecule has 1 saturated carbocycles. The molecule has 1 aromatic carbocycles. The maximum absolute atomic E-state index is 13.7. The van der Waals surface area contributed by atoms with Gasteiger partial charge in [0.2, 0.25) is 0 Å². The standard InChI is InChI=1S/C14H10F3N5O/c15-8-2-1-3-9(16)7(8)5-21-6-11-13(19-21)14(23)22(20-18-11)12-4-10(12)17/h1-3,6,10,12H,4-5H2/t10-,12-/m1/s1. The normalized spacial score (nSPS) is 20.1. The molecule has 2 aromatic heterocycles. The SMILES string of the molecule is O=c1c2nn(Cc3c(F)cccc3F)cc2nnn1[C@@H]1C[C@H]1F. The lowest BCUT2D eigenvalue weighted by Gasteiger charge is -2.04. The van der Waals surface area contributed by atoms with Crippen molar-refractivity contribution in [3.63, 3.8) is 0 Å². The summed E-state index contributed by atoms with van der Waals surface area (Å²) in [5.41, 5.74) is -0.539. The van der Waals surface area contributed by atoms with Gasteiger partial charge in [0.05, 0.1) is 18.8 Å². The van der Waals surface area contributed by atoms with Crippen molar-refractivity contribution < 1.29 is 13.2 Å². The van der Waals surface area contributed by atoms with Crippen LogP contribution in [-0.2, 0) is 6.54 Å². The number of alkyl halides is 1. The largest absolute Gasteiger partial charge is 0.298 e. The molecule has 118 valence electrons. The van der Waals surface area contributed by atoms with E-state index in [2.05, 4.69) is 15.4 Å². The fraction of sp³-hybridized carbons (Fsp3) is 0.286. The monoisotopic (exact) mass is 321 g/mol. The summed E-state index contributed by atoms with van der Waals surface area (Å²) in [5.74, 6) is -1.40. The van der Waals surface area contributed by atoms with Crippen molar-refractivity contribution in [2.45, 2.75) is 25.2 Å². The van der Waals surface area contributed by atoms with E-state index in [9.17, 15) is 18.0 Å². The van der Waals surface area contributed by atoms with Crippen molar-refractivity contribution in [3.8, 4) is 0 Å². The number of hydrogen-bond acceptors (Lipinski definition) is 4. The summed E-state index contributed by atoms with van der Waals surface area (Å²) >= 11 is 0. The van der Waals surface area contributed by atoms with Gasteiger partial charge in [-0.25, -0.2) is 17.9 Å². The summed E-state index contributed by atoms with van der Waals surface area (Å²) < 4.78 is 42.6. The van der Waals surface area contributed by atoms with Gasteiger partial charge in [0.1, 0.15) is 23.3 Å². The molecule has 0 bridgehead atoms. The summed E-state index contributed by atoms with van der Waals surface area (Å²) in [7, 11) is 0. The van der Waals surface area contributed by atoms with Crippen molar-refractivity contribution in [1.82, 2.24) is 24.8 Å². The first kappa shape index (κ1) is 13.9. The van der Waals surface area contributed by atoms with E-state index in [1.54, 1.807) is 0 Å². The van der Waals surface area contributed by atoms with Crippen molar-refractivity contribution >= 4 is 11.0 Å². The molecule has 4 rings (SSSR count). The highest BCUT2D eigenvalue weighted by Gasteiger charge is 2.41. The summed E-state index contributed by atoms with van der Waals surface area (Å²) in [4.78, 5) is 12.2. The van der Waals surface area contributed by atoms with Gasteiger partial charge >= 0.3 is 0 Å². The summed E-state index contributed by atoms with van der Waals surface area (Å²) in [6.07, 6.45) is 0.495. The number of aromatic nitrogens is 5. The third-order valence-corrected chi connectivity index (χ3v) is 3.78. The van der Waals surface area contributed by atoms with Crippen molar-refractivity contribution in [1.29, 1.82) is 0 Å². The van der Waals surface area contributed by atoms with Gasteiger partial charge in [-0.1, -0.05) is 11.3 Å². The zero-order chi connectivity index (χ0) is 16.1.